The molecular formula is C28H41NO6S. The molecule has 0 N–H and O–H groups in total. The minimum atomic E-state index is -1.01. The lowest BCUT2D eigenvalue weighted by Crippen LogP contribution is -2.60. The molecule has 1 amide bonds. The molecule has 0 aromatic heterocycles. The lowest BCUT2D eigenvalue weighted by Gasteiger charge is -2.48. The molecule has 0 aliphatic carbocycles. The zero-order valence-electron chi connectivity index (χ0n) is 21.7. The Morgan fingerprint density at radius 3 is 2.36 bits per heavy atom. The second kappa shape index (κ2) is 13.2. The van der Waals surface area contributed by atoms with E-state index in [0.29, 0.717) is 31.6 Å². The van der Waals surface area contributed by atoms with E-state index in [9.17, 15) is 9.59 Å². The summed E-state index contributed by atoms with van der Waals surface area (Å²) in [6.07, 6.45) is 11.3. The van der Waals surface area contributed by atoms with E-state index in [1.165, 1.54) is 43.9 Å². The lowest BCUT2D eigenvalue weighted by molar-refractivity contribution is -0.306. The first kappa shape index (κ1) is 27.3. The molecule has 8 heteroatoms. The molecule has 1 aromatic rings. The quantitative estimate of drug-likeness (QED) is 0.436. The third-order valence-corrected chi connectivity index (χ3v) is 8.66. The van der Waals surface area contributed by atoms with Crippen molar-refractivity contribution in [3.8, 4) is 5.75 Å². The summed E-state index contributed by atoms with van der Waals surface area (Å²) in [5, 5.41) is 0.0184. The first-order valence-electron chi connectivity index (χ1n) is 13.5. The number of methoxy groups -OCH3 is 2. The van der Waals surface area contributed by atoms with Crippen LogP contribution >= 0.6 is 11.8 Å². The van der Waals surface area contributed by atoms with Crippen molar-refractivity contribution in [3.05, 3.63) is 29.8 Å². The summed E-state index contributed by atoms with van der Waals surface area (Å²) in [6.45, 7) is 0.462. The summed E-state index contributed by atoms with van der Waals surface area (Å²) in [6, 6.07) is 7.50. The summed E-state index contributed by atoms with van der Waals surface area (Å²) in [5.74, 6) is 0.223. The molecule has 1 unspecified atom stereocenters. The van der Waals surface area contributed by atoms with Crippen LogP contribution in [0.3, 0.4) is 0 Å². The maximum Gasteiger partial charge on any atom is 0.306 e. The molecule has 7 nitrogen and oxygen atoms in total. The Morgan fingerprint density at radius 1 is 0.972 bits per heavy atom. The number of nitrogens with zero attached hydrogens (tertiary/aromatic N) is 1. The number of amides is 1. The van der Waals surface area contributed by atoms with Gasteiger partial charge in [0.25, 0.3) is 5.24 Å². The van der Waals surface area contributed by atoms with E-state index >= 15 is 0 Å². The lowest BCUT2D eigenvalue weighted by atomic mass is 9.90. The van der Waals surface area contributed by atoms with E-state index in [4.69, 9.17) is 18.9 Å². The van der Waals surface area contributed by atoms with Gasteiger partial charge >= 0.3 is 5.97 Å². The second-order valence-electron chi connectivity index (χ2n) is 10.2. The van der Waals surface area contributed by atoms with Crippen LogP contribution in [0.5, 0.6) is 5.75 Å². The van der Waals surface area contributed by atoms with Crippen molar-refractivity contribution >= 4 is 23.0 Å². The predicted octanol–water partition coefficient (Wildman–Crippen LogP) is 6.08. The number of fused-ring (bicyclic) bond motifs is 2. The summed E-state index contributed by atoms with van der Waals surface area (Å²) in [7, 11) is 3.30. The van der Waals surface area contributed by atoms with Crippen LogP contribution in [-0.4, -0.2) is 60.1 Å². The third-order valence-electron chi connectivity index (χ3n) is 7.70. The summed E-state index contributed by atoms with van der Waals surface area (Å²) < 4.78 is 24.1. The van der Waals surface area contributed by atoms with Gasteiger partial charge in [0.2, 0.25) is 0 Å². The molecule has 3 heterocycles. The van der Waals surface area contributed by atoms with E-state index in [1.54, 1.807) is 14.2 Å². The molecule has 3 aliphatic rings. The molecule has 1 aromatic carbocycles. The van der Waals surface area contributed by atoms with Crippen molar-refractivity contribution in [2.45, 2.75) is 108 Å². The largest absolute Gasteiger partial charge is 0.497 e. The van der Waals surface area contributed by atoms with Crippen molar-refractivity contribution in [1.82, 2.24) is 4.90 Å². The van der Waals surface area contributed by atoms with Crippen LogP contribution in [0.2, 0.25) is 0 Å². The van der Waals surface area contributed by atoms with Gasteiger partial charge in [-0.25, -0.2) is 0 Å². The van der Waals surface area contributed by atoms with Gasteiger partial charge in [-0.2, -0.15) is 0 Å². The zero-order chi connectivity index (χ0) is 25.4. The van der Waals surface area contributed by atoms with E-state index in [2.05, 4.69) is 0 Å². The molecule has 4 rings (SSSR count). The topological polar surface area (TPSA) is 74.3 Å². The van der Waals surface area contributed by atoms with Crippen molar-refractivity contribution in [2.75, 3.05) is 20.0 Å². The standard InChI is InChI=1S/C28H41NO6S/c1-32-22-15-13-21(14-16-22)19-29-25(20-36-27(29)31)28(33-2)18-24-17-23(35-28)11-9-7-5-3-4-6-8-10-12-26(30)34-24/h13-16,23-25H,3-12,17-20H2,1-2H3/t23?,24-,25+,28-/m1/s1. The fourth-order valence-electron chi connectivity index (χ4n) is 5.68. The van der Waals surface area contributed by atoms with Gasteiger partial charge in [0.1, 0.15) is 11.9 Å². The van der Waals surface area contributed by atoms with Crippen molar-refractivity contribution in [2.24, 2.45) is 0 Å². The zero-order valence-corrected chi connectivity index (χ0v) is 22.6. The predicted molar refractivity (Wildman–Crippen MR) is 140 cm³/mol. The van der Waals surface area contributed by atoms with Gasteiger partial charge in [0.15, 0.2) is 5.79 Å². The highest BCUT2D eigenvalue weighted by atomic mass is 32.2. The number of esters is 1. The average molecular weight is 520 g/mol. The Balaban J connectivity index is 1.53. The van der Waals surface area contributed by atoms with E-state index in [0.717, 1.165) is 37.0 Å². The monoisotopic (exact) mass is 519 g/mol. The van der Waals surface area contributed by atoms with Crippen LogP contribution in [0, 0.1) is 0 Å². The number of ether oxygens (including phenoxy) is 4. The smallest absolute Gasteiger partial charge is 0.306 e. The average Bonchev–Trinajstić information content (AvgIpc) is 3.25. The van der Waals surface area contributed by atoms with Gasteiger partial charge < -0.3 is 23.8 Å². The molecule has 36 heavy (non-hydrogen) atoms. The van der Waals surface area contributed by atoms with Crippen LogP contribution in [-0.2, 0) is 25.5 Å². The third kappa shape index (κ3) is 6.95. The Morgan fingerprint density at radius 2 is 1.67 bits per heavy atom. The number of carbonyl (C=O) groups excluding carboxylic acids is 2. The number of hydrogen-bond donors (Lipinski definition) is 0. The maximum atomic E-state index is 13.0. The van der Waals surface area contributed by atoms with E-state index in [1.807, 2.05) is 29.2 Å². The van der Waals surface area contributed by atoms with Gasteiger partial charge in [-0.15, -0.1) is 0 Å². The minimum absolute atomic E-state index is 0.0184. The molecule has 4 atom stereocenters. The van der Waals surface area contributed by atoms with E-state index in [-0.39, 0.29) is 29.5 Å². The van der Waals surface area contributed by atoms with Gasteiger partial charge in [0.05, 0.1) is 19.3 Å². The molecule has 3 saturated heterocycles. The molecule has 2 bridgehead atoms. The minimum Gasteiger partial charge on any atom is -0.497 e. The molecule has 0 saturated carbocycles. The highest BCUT2D eigenvalue weighted by molar-refractivity contribution is 8.13. The van der Waals surface area contributed by atoms with E-state index < -0.39 is 5.79 Å². The highest BCUT2D eigenvalue weighted by Gasteiger charge is 2.54. The van der Waals surface area contributed by atoms with Gasteiger partial charge in [0, 0.05) is 38.7 Å². The molecule has 3 fully saturated rings. The first-order valence-corrected chi connectivity index (χ1v) is 14.5. The van der Waals surface area contributed by atoms with Crippen LogP contribution in [0.4, 0.5) is 4.79 Å². The molecule has 0 radical (unpaired) electrons. The summed E-state index contributed by atoms with van der Waals surface area (Å²) >= 11 is 1.30. The fraction of sp³-hybridized carbons (Fsp3) is 0.714. The molecule has 0 spiro atoms. The van der Waals surface area contributed by atoms with Crippen molar-refractivity contribution in [1.29, 1.82) is 0 Å². The van der Waals surface area contributed by atoms with Crippen LogP contribution in [0.1, 0.15) is 82.6 Å². The van der Waals surface area contributed by atoms with Crippen LogP contribution in [0.25, 0.3) is 0 Å². The second-order valence-corrected chi connectivity index (χ2v) is 11.2. The van der Waals surface area contributed by atoms with Crippen LogP contribution in [0.15, 0.2) is 24.3 Å². The number of benzene rings is 1. The van der Waals surface area contributed by atoms with Gasteiger partial charge in [-0.05, 0) is 30.5 Å². The highest BCUT2D eigenvalue weighted by Crippen LogP contribution is 2.43. The molecule has 200 valence electrons. The Kier molecular flexibility index (Phi) is 9.96. The van der Waals surface area contributed by atoms with Crippen molar-refractivity contribution < 1.29 is 28.5 Å². The Labute approximate surface area is 219 Å². The number of hydrogen-bond acceptors (Lipinski definition) is 7. The Hall–Kier alpha value is -1.77. The normalized spacial score (nSPS) is 30.8. The SMILES string of the molecule is COc1ccc(CN2C(=O)SC[C@H]2[C@@]2(OC)C[C@H]3CC(CCCCCCCCCCC(=O)O3)O2)cc1. The number of thioether (sulfide) groups is 1. The van der Waals surface area contributed by atoms with Crippen molar-refractivity contribution in [3.63, 3.8) is 0 Å². The van der Waals surface area contributed by atoms with Gasteiger partial charge in [-0.3, -0.25) is 9.59 Å². The van der Waals surface area contributed by atoms with Gasteiger partial charge in [-0.1, -0.05) is 68.8 Å². The summed E-state index contributed by atoms with van der Waals surface area (Å²) in [5.41, 5.74) is 1.02. The number of rotatable bonds is 5. The van der Waals surface area contributed by atoms with Crippen LogP contribution < -0.4 is 4.74 Å². The maximum absolute atomic E-state index is 13.0. The molecule has 3 aliphatic heterocycles. The Bertz CT molecular complexity index is 864. The summed E-state index contributed by atoms with van der Waals surface area (Å²) in [4.78, 5) is 27.5. The fourth-order valence-corrected chi connectivity index (χ4v) is 6.78. The first-order chi connectivity index (χ1) is 17.5. The number of carbonyl (C=O) groups is 2. The molecular weight excluding hydrogens is 478 g/mol.